The Hall–Kier alpha value is -1.43. The summed E-state index contributed by atoms with van der Waals surface area (Å²) < 4.78 is 44.8. The highest BCUT2D eigenvalue weighted by molar-refractivity contribution is 5.31. The smallest absolute Gasteiger partial charge is 0.494 e. The summed E-state index contributed by atoms with van der Waals surface area (Å²) in [5.74, 6) is 0.291. The van der Waals surface area contributed by atoms with Crippen LogP contribution in [0.5, 0.6) is 11.5 Å². The highest BCUT2D eigenvalue weighted by Gasteiger charge is 2.30. The third-order valence-electron chi connectivity index (χ3n) is 2.15. The standard InChI is InChI=1S/C12H16F3NO2/c1-16-8-2-3-9-17-10-4-6-11(7-5-10)18-12(13,14)15/h4-7,16H,2-3,8-9H2,1H3. The second-order valence-corrected chi connectivity index (χ2v) is 3.68. The van der Waals surface area contributed by atoms with E-state index in [4.69, 9.17) is 4.74 Å². The molecule has 0 heterocycles. The highest BCUT2D eigenvalue weighted by atomic mass is 19.4. The van der Waals surface area contributed by atoms with Gasteiger partial charge >= 0.3 is 6.36 Å². The zero-order valence-electron chi connectivity index (χ0n) is 10.1. The predicted molar refractivity (Wildman–Crippen MR) is 61.8 cm³/mol. The van der Waals surface area contributed by atoms with Crippen molar-refractivity contribution >= 4 is 0 Å². The Morgan fingerprint density at radius 2 is 1.67 bits per heavy atom. The molecule has 1 aromatic rings. The summed E-state index contributed by atoms with van der Waals surface area (Å²) >= 11 is 0. The molecule has 0 radical (unpaired) electrons. The molecule has 18 heavy (non-hydrogen) atoms. The van der Waals surface area contributed by atoms with E-state index in [1.54, 1.807) is 0 Å². The summed E-state index contributed by atoms with van der Waals surface area (Å²) in [4.78, 5) is 0. The van der Waals surface area contributed by atoms with Crippen LogP contribution in [0, 0.1) is 0 Å². The van der Waals surface area contributed by atoms with Gasteiger partial charge in [0.05, 0.1) is 6.61 Å². The van der Waals surface area contributed by atoms with Crippen LogP contribution in [-0.2, 0) is 0 Å². The molecule has 0 saturated heterocycles. The van der Waals surface area contributed by atoms with Crippen molar-refractivity contribution in [3.05, 3.63) is 24.3 Å². The second kappa shape index (κ2) is 7.10. The summed E-state index contributed by atoms with van der Waals surface area (Å²) in [5, 5.41) is 3.02. The molecule has 0 aromatic heterocycles. The number of benzene rings is 1. The normalized spacial score (nSPS) is 11.3. The van der Waals surface area contributed by atoms with Gasteiger partial charge < -0.3 is 14.8 Å². The van der Waals surface area contributed by atoms with Crippen molar-refractivity contribution in [2.24, 2.45) is 0 Å². The first-order chi connectivity index (χ1) is 8.51. The maximum atomic E-state index is 11.9. The van der Waals surface area contributed by atoms with Gasteiger partial charge in [-0.3, -0.25) is 0 Å². The number of ether oxygens (including phenoxy) is 2. The Kier molecular flexibility index (Phi) is 5.77. The first-order valence-corrected chi connectivity index (χ1v) is 5.64. The molecule has 1 aromatic carbocycles. The first-order valence-electron chi connectivity index (χ1n) is 5.64. The zero-order valence-corrected chi connectivity index (χ0v) is 10.1. The molecule has 3 nitrogen and oxygen atoms in total. The van der Waals surface area contributed by atoms with E-state index in [1.165, 1.54) is 24.3 Å². The lowest BCUT2D eigenvalue weighted by Crippen LogP contribution is -2.16. The molecule has 1 N–H and O–H groups in total. The van der Waals surface area contributed by atoms with Crippen molar-refractivity contribution in [2.75, 3.05) is 20.2 Å². The lowest BCUT2D eigenvalue weighted by atomic mass is 10.3. The number of rotatable bonds is 7. The molecule has 0 aliphatic heterocycles. The van der Waals surface area contributed by atoms with Gasteiger partial charge in [0.1, 0.15) is 11.5 Å². The molecule has 6 heteroatoms. The molecule has 0 saturated carbocycles. The third kappa shape index (κ3) is 6.34. The van der Waals surface area contributed by atoms with Crippen LogP contribution in [0.1, 0.15) is 12.8 Å². The van der Waals surface area contributed by atoms with Crippen LogP contribution >= 0.6 is 0 Å². The predicted octanol–water partition coefficient (Wildman–Crippen LogP) is 2.96. The molecule has 0 fully saturated rings. The lowest BCUT2D eigenvalue weighted by Gasteiger charge is -2.10. The first kappa shape index (κ1) is 14.6. The van der Waals surface area contributed by atoms with E-state index in [9.17, 15) is 13.2 Å². The van der Waals surface area contributed by atoms with E-state index < -0.39 is 6.36 Å². The van der Waals surface area contributed by atoms with Gasteiger partial charge in [0.25, 0.3) is 0 Å². The van der Waals surface area contributed by atoms with Gasteiger partial charge in [0.2, 0.25) is 0 Å². The van der Waals surface area contributed by atoms with Crippen molar-refractivity contribution in [2.45, 2.75) is 19.2 Å². The fourth-order valence-electron chi connectivity index (χ4n) is 1.33. The van der Waals surface area contributed by atoms with Gasteiger partial charge in [-0.25, -0.2) is 0 Å². The van der Waals surface area contributed by atoms with Crippen LogP contribution in [0.2, 0.25) is 0 Å². The largest absolute Gasteiger partial charge is 0.573 e. The van der Waals surface area contributed by atoms with E-state index in [-0.39, 0.29) is 5.75 Å². The van der Waals surface area contributed by atoms with Gasteiger partial charge in [-0.1, -0.05) is 0 Å². The van der Waals surface area contributed by atoms with Crippen LogP contribution in [-0.4, -0.2) is 26.6 Å². The van der Waals surface area contributed by atoms with Gasteiger partial charge in [0.15, 0.2) is 0 Å². The van der Waals surface area contributed by atoms with Gasteiger partial charge in [0, 0.05) is 0 Å². The van der Waals surface area contributed by atoms with Crippen LogP contribution in [0.4, 0.5) is 13.2 Å². The lowest BCUT2D eigenvalue weighted by molar-refractivity contribution is -0.274. The van der Waals surface area contributed by atoms with Crippen LogP contribution in [0.15, 0.2) is 24.3 Å². The van der Waals surface area contributed by atoms with E-state index in [2.05, 4.69) is 10.1 Å². The number of alkyl halides is 3. The molecule has 0 aliphatic rings. The summed E-state index contributed by atoms with van der Waals surface area (Å²) in [6.07, 6.45) is -2.77. The Morgan fingerprint density at radius 1 is 1.06 bits per heavy atom. The van der Waals surface area contributed by atoms with Crippen molar-refractivity contribution in [3.63, 3.8) is 0 Å². The van der Waals surface area contributed by atoms with E-state index in [0.29, 0.717) is 12.4 Å². The Labute approximate surface area is 104 Å². The minimum atomic E-state index is -4.66. The summed E-state index contributed by atoms with van der Waals surface area (Å²) in [7, 11) is 1.88. The average Bonchev–Trinajstić information content (AvgIpc) is 2.29. The minimum Gasteiger partial charge on any atom is -0.494 e. The van der Waals surface area contributed by atoms with E-state index >= 15 is 0 Å². The third-order valence-corrected chi connectivity index (χ3v) is 2.15. The van der Waals surface area contributed by atoms with E-state index in [1.807, 2.05) is 7.05 Å². The van der Waals surface area contributed by atoms with E-state index in [0.717, 1.165) is 19.4 Å². The molecular formula is C12H16F3NO2. The molecule has 0 bridgehead atoms. The van der Waals surface area contributed by atoms with Crippen molar-refractivity contribution in [3.8, 4) is 11.5 Å². The van der Waals surface area contributed by atoms with Gasteiger partial charge in [-0.05, 0) is 50.7 Å². The fourth-order valence-corrected chi connectivity index (χ4v) is 1.33. The fraction of sp³-hybridized carbons (Fsp3) is 0.500. The molecule has 0 atom stereocenters. The van der Waals surface area contributed by atoms with Gasteiger partial charge in [-0.2, -0.15) is 0 Å². The monoisotopic (exact) mass is 263 g/mol. The average molecular weight is 263 g/mol. The summed E-state index contributed by atoms with van der Waals surface area (Å²) in [5.41, 5.74) is 0. The molecule has 0 unspecified atom stereocenters. The Balaban J connectivity index is 2.32. The molecule has 0 aliphatic carbocycles. The summed E-state index contributed by atoms with van der Waals surface area (Å²) in [6, 6.07) is 5.38. The second-order valence-electron chi connectivity index (χ2n) is 3.68. The maximum absolute atomic E-state index is 11.9. The quantitative estimate of drug-likeness (QED) is 0.767. The minimum absolute atomic E-state index is 0.245. The van der Waals surface area contributed by atoms with Gasteiger partial charge in [-0.15, -0.1) is 13.2 Å². The van der Waals surface area contributed by atoms with Crippen LogP contribution < -0.4 is 14.8 Å². The number of unbranched alkanes of at least 4 members (excludes halogenated alkanes) is 1. The zero-order chi connectivity index (χ0) is 13.4. The summed E-state index contributed by atoms with van der Waals surface area (Å²) in [6.45, 7) is 1.46. The number of hydrogen-bond donors (Lipinski definition) is 1. The maximum Gasteiger partial charge on any atom is 0.573 e. The van der Waals surface area contributed by atoms with Crippen LogP contribution in [0.3, 0.4) is 0 Å². The van der Waals surface area contributed by atoms with Crippen molar-refractivity contribution < 1.29 is 22.6 Å². The molecule has 0 amide bonds. The SMILES string of the molecule is CNCCCCOc1ccc(OC(F)(F)F)cc1. The van der Waals surface area contributed by atoms with Crippen molar-refractivity contribution in [1.82, 2.24) is 5.32 Å². The number of halogens is 3. The topological polar surface area (TPSA) is 30.5 Å². The Morgan fingerprint density at radius 3 is 2.22 bits per heavy atom. The Bertz CT molecular complexity index is 338. The molecule has 102 valence electrons. The molecule has 1 rings (SSSR count). The van der Waals surface area contributed by atoms with Crippen LogP contribution in [0.25, 0.3) is 0 Å². The number of nitrogens with one attached hydrogen (secondary N) is 1. The molecular weight excluding hydrogens is 247 g/mol. The molecule has 0 spiro atoms. The van der Waals surface area contributed by atoms with Crippen molar-refractivity contribution in [1.29, 1.82) is 0 Å². The highest BCUT2D eigenvalue weighted by Crippen LogP contribution is 2.24. The number of hydrogen-bond acceptors (Lipinski definition) is 3.